The molecule has 2 aromatic rings. The molecule has 0 saturated carbocycles. The molecule has 23 heavy (non-hydrogen) atoms. The zero-order valence-electron chi connectivity index (χ0n) is 12.5. The van der Waals surface area contributed by atoms with E-state index in [2.05, 4.69) is 15.6 Å². The van der Waals surface area contributed by atoms with E-state index < -0.39 is 11.9 Å². The first kappa shape index (κ1) is 15.5. The maximum Gasteiger partial charge on any atom is 0.269 e. The first-order valence-electron chi connectivity index (χ1n) is 6.94. The largest absolute Gasteiger partial charge is 0.382 e. The molecule has 1 aliphatic rings. The van der Waals surface area contributed by atoms with Crippen LogP contribution in [0.4, 0.5) is 10.2 Å². The van der Waals surface area contributed by atoms with Crippen molar-refractivity contribution in [1.82, 2.24) is 9.78 Å². The minimum absolute atomic E-state index is 0.142. The number of aromatic nitrogens is 2. The van der Waals surface area contributed by atoms with Crippen LogP contribution in [0.2, 0.25) is 5.02 Å². The summed E-state index contributed by atoms with van der Waals surface area (Å²) in [6, 6.07) is 6.10. The fourth-order valence-electron chi connectivity index (χ4n) is 2.37. The molecule has 0 unspecified atom stereocenters. The number of amides is 1. The molecule has 1 aromatic heterocycles. The van der Waals surface area contributed by atoms with E-state index in [1.807, 2.05) is 6.92 Å². The Labute approximate surface area is 136 Å². The molecule has 2 heterocycles. The Kier molecular flexibility index (Phi) is 4.04. The van der Waals surface area contributed by atoms with Crippen molar-refractivity contribution < 1.29 is 14.0 Å². The van der Waals surface area contributed by atoms with E-state index in [1.54, 1.807) is 23.9 Å². The molecule has 1 atom stereocenters. The summed E-state index contributed by atoms with van der Waals surface area (Å²) in [7, 11) is 1.72. The van der Waals surface area contributed by atoms with Gasteiger partial charge in [0.15, 0.2) is 0 Å². The molecule has 1 amide bonds. The number of hydrogen-bond acceptors (Lipinski definition) is 4. The minimum atomic E-state index is -0.837. The molecule has 8 heteroatoms. The molecule has 0 spiro atoms. The van der Waals surface area contributed by atoms with Gasteiger partial charge in [0, 0.05) is 19.5 Å². The normalized spacial score (nSPS) is 16.9. The molecule has 1 N–H and O–H groups in total. The Morgan fingerprint density at radius 3 is 2.96 bits per heavy atom. The summed E-state index contributed by atoms with van der Waals surface area (Å²) in [5, 5.41) is 10.9. The van der Waals surface area contributed by atoms with Crippen molar-refractivity contribution in [3.05, 3.63) is 46.4 Å². The zero-order chi connectivity index (χ0) is 16.6. The maximum atomic E-state index is 13.9. The molecule has 0 bridgehead atoms. The molecule has 1 aliphatic heterocycles. The van der Waals surface area contributed by atoms with Crippen LogP contribution in [0.25, 0.3) is 0 Å². The van der Waals surface area contributed by atoms with E-state index in [-0.39, 0.29) is 22.9 Å². The number of hydrogen-bond donors (Lipinski definition) is 1. The number of oxime groups is 1. The standard InChI is InChI=1S/C15H14ClFN4O2/c1-8-6-13(21(2)19-8)18-15(22)12-7-11(20-23-12)14-9(16)4-3-5-10(14)17/h3-6,12H,7H2,1-2H3,(H,18,22)/t12-/m0/s1. The van der Waals surface area contributed by atoms with E-state index in [4.69, 9.17) is 16.4 Å². The van der Waals surface area contributed by atoms with Crippen molar-refractivity contribution in [3.63, 3.8) is 0 Å². The Morgan fingerprint density at radius 1 is 1.52 bits per heavy atom. The topological polar surface area (TPSA) is 68.5 Å². The lowest BCUT2D eigenvalue weighted by Gasteiger charge is -2.09. The quantitative estimate of drug-likeness (QED) is 0.937. The number of benzene rings is 1. The molecule has 0 aliphatic carbocycles. The van der Waals surface area contributed by atoms with Crippen molar-refractivity contribution in [2.75, 3.05) is 5.32 Å². The van der Waals surface area contributed by atoms with Crippen molar-refractivity contribution in [1.29, 1.82) is 0 Å². The molecule has 0 radical (unpaired) electrons. The van der Waals surface area contributed by atoms with Gasteiger partial charge in [-0.15, -0.1) is 0 Å². The average molecular weight is 337 g/mol. The van der Waals surface area contributed by atoms with Crippen molar-refractivity contribution >= 4 is 29.0 Å². The number of carbonyl (C=O) groups excluding carboxylic acids is 1. The third kappa shape index (κ3) is 3.05. The molecule has 3 rings (SSSR count). The number of nitrogens with one attached hydrogen (secondary N) is 1. The van der Waals surface area contributed by atoms with Gasteiger partial charge in [0.2, 0.25) is 6.10 Å². The van der Waals surface area contributed by atoms with Crippen LogP contribution in [-0.2, 0) is 16.7 Å². The molecule has 0 saturated heterocycles. The molecular weight excluding hydrogens is 323 g/mol. The van der Waals surface area contributed by atoms with Gasteiger partial charge in [0.1, 0.15) is 11.6 Å². The van der Waals surface area contributed by atoms with Crippen LogP contribution in [0.3, 0.4) is 0 Å². The van der Waals surface area contributed by atoms with Gasteiger partial charge in [-0.1, -0.05) is 22.8 Å². The predicted octanol–water partition coefficient (Wildman–Crippen LogP) is 2.65. The lowest BCUT2D eigenvalue weighted by atomic mass is 10.0. The SMILES string of the molecule is Cc1cc(NC(=O)[C@@H]2CC(c3c(F)cccc3Cl)=NO2)n(C)n1. The number of carbonyl (C=O) groups is 1. The van der Waals surface area contributed by atoms with E-state index >= 15 is 0 Å². The summed E-state index contributed by atoms with van der Waals surface area (Å²) in [5.74, 6) is -0.323. The van der Waals surface area contributed by atoms with Gasteiger partial charge >= 0.3 is 0 Å². The summed E-state index contributed by atoms with van der Waals surface area (Å²) >= 11 is 6.00. The number of anilines is 1. The highest BCUT2D eigenvalue weighted by Gasteiger charge is 2.31. The Bertz CT molecular complexity index is 783. The molecule has 1 aromatic carbocycles. The lowest BCUT2D eigenvalue weighted by Crippen LogP contribution is -2.29. The third-order valence-corrected chi connectivity index (χ3v) is 3.78. The minimum Gasteiger partial charge on any atom is -0.382 e. The van der Waals surface area contributed by atoms with Gasteiger partial charge < -0.3 is 10.2 Å². The van der Waals surface area contributed by atoms with Crippen LogP contribution < -0.4 is 5.32 Å². The first-order chi connectivity index (χ1) is 11.0. The van der Waals surface area contributed by atoms with Gasteiger partial charge in [-0.25, -0.2) is 4.39 Å². The highest BCUT2D eigenvalue weighted by atomic mass is 35.5. The zero-order valence-corrected chi connectivity index (χ0v) is 13.3. The lowest BCUT2D eigenvalue weighted by molar-refractivity contribution is -0.125. The summed E-state index contributed by atoms with van der Waals surface area (Å²) in [5.41, 5.74) is 1.26. The van der Waals surface area contributed by atoms with Crippen molar-refractivity contribution in [2.24, 2.45) is 12.2 Å². The Morgan fingerprint density at radius 2 is 2.30 bits per heavy atom. The van der Waals surface area contributed by atoms with E-state index in [0.717, 1.165) is 5.69 Å². The van der Waals surface area contributed by atoms with E-state index in [9.17, 15) is 9.18 Å². The Balaban J connectivity index is 1.71. The second-order valence-electron chi connectivity index (χ2n) is 5.22. The molecular formula is C15H14ClFN4O2. The second kappa shape index (κ2) is 6.00. The average Bonchev–Trinajstić information content (AvgIpc) is 3.06. The molecule has 120 valence electrons. The van der Waals surface area contributed by atoms with Crippen LogP contribution in [-0.4, -0.2) is 27.5 Å². The highest BCUT2D eigenvalue weighted by molar-refractivity contribution is 6.34. The van der Waals surface area contributed by atoms with Crippen molar-refractivity contribution in [2.45, 2.75) is 19.4 Å². The number of aryl methyl sites for hydroxylation is 2. The fourth-order valence-corrected chi connectivity index (χ4v) is 2.65. The van der Waals surface area contributed by atoms with Crippen molar-refractivity contribution in [3.8, 4) is 0 Å². The van der Waals surface area contributed by atoms with Crippen LogP contribution >= 0.6 is 11.6 Å². The van der Waals surface area contributed by atoms with Gasteiger partial charge in [-0.05, 0) is 19.1 Å². The number of halogens is 2. The van der Waals surface area contributed by atoms with Gasteiger partial charge in [-0.2, -0.15) is 5.10 Å². The monoisotopic (exact) mass is 336 g/mol. The van der Waals surface area contributed by atoms with E-state index in [0.29, 0.717) is 11.5 Å². The van der Waals surface area contributed by atoms with Crippen LogP contribution in [0.1, 0.15) is 17.7 Å². The maximum absolute atomic E-state index is 13.9. The number of nitrogens with zero attached hydrogens (tertiary/aromatic N) is 3. The van der Waals surface area contributed by atoms with Gasteiger partial charge in [0.05, 0.1) is 22.0 Å². The van der Waals surface area contributed by atoms with Crippen LogP contribution in [0.5, 0.6) is 0 Å². The second-order valence-corrected chi connectivity index (χ2v) is 5.62. The number of rotatable bonds is 3. The first-order valence-corrected chi connectivity index (χ1v) is 7.32. The van der Waals surface area contributed by atoms with Crippen LogP contribution in [0.15, 0.2) is 29.4 Å². The summed E-state index contributed by atoms with van der Waals surface area (Å²) in [4.78, 5) is 17.4. The summed E-state index contributed by atoms with van der Waals surface area (Å²) in [6.45, 7) is 1.82. The third-order valence-electron chi connectivity index (χ3n) is 3.47. The van der Waals surface area contributed by atoms with Crippen LogP contribution in [0, 0.1) is 12.7 Å². The van der Waals surface area contributed by atoms with Gasteiger partial charge in [-0.3, -0.25) is 9.48 Å². The molecule has 6 nitrogen and oxygen atoms in total. The smallest absolute Gasteiger partial charge is 0.269 e. The van der Waals surface area contributed by atoms with Gasteiger partial charge in [0.25, 0.3) is 5.91 Å². The molecule has 0 fully saturated rings. The summed E-state index contributed by atoms with van der Waals surface area (Å²) in [6.07, 6.45) is -0.695. The Hall–Kier alpha value is -2.41. The highest BCUT2D eigenvalue weighted by Crippen LogP contribution is 2.26. The predicted molar refractivity (Wildman–Crippen MR) is 84.0 cm³/mol. The fraction of sp³-hybridized carbons (Fsp3) is 0.267. The van der Waals surface area contributed by atoms with E-state index in [1.165, 1.54) is 12.1 Å². The summed E-state index contributed by atoms with van der Waals surface area (Å²) < 4.78 is 15.5.